The van der Waals surface area contributed by atoms with Gasteiger partial charge in [0.05, 0.1) is 23.6 Å². The summed E-state index contributed by atoms with van der Waals surface area (Å²) in [4.78, 5) is 19.3. The molecule has 2 saturated heterocycles. The summed E-state index contributed by atoms with van der Waals surface area (Å²) in [6.07, 6.45) is 0.311. The van der Waals surface area contributed by atoms with Gasteiger partial charge in [0.15, 0.2) is 0 Å². The average molecular weight is 411 g/mol. The molecule has 7 nitrogen and oxygen atoms in total. The molecule has 0 aromatic heterocycles. The van der Waals surface area contributed by atoms with Gasteiger partial charge in [-0.1, -0.05) is 18.2 Å². The number of aromatic hydroxyl groups is 1. The summed E-state index contributed by atoms with van der Waals surface area (Å²) >= 11 is 0. The van der Waals surface area contributed by atoms with Crippen LogP contribution in [-0.2, 0) is 4.74 Å². The molecule has 0 spiro atoms. The fraction of sp³-hybridized carbons (Fsp3) is 0.435. The summed E-state index contributed by atoms with van der Waals surface area (Å²) in [6, 6.07) is 15.1. The molecule has 30 heavy (non-hydrogen) atoms. The molecule has 0 saturated carbocycles. The first-order valence-electron chi connectivity index (χ1n) is 10.6. The van der Waals surface area contributed by atoms with Crippen molar-refractivity contribution < 1.29 is 14.6 Å². The number of amides is 2. The Balaban J connectivity index is 1.39. The second kappa shape index (κ2) is 8.83. The molecule has 2 unspecified atom stereocenters. The van der Waals surface area contributed by atoms with Crippen molar-refractivity contribution in [3.05, 3.63) is 48.5 Å². The zero-order valence-corrected chi connectivity index (χ0v) is 17.6. The minimum absolute atomic E-state index is 0.0765. The number of phenols is 1. The van der Waals surface area contributed by atoms with E-state index >= 15 is 0 Å². The van der Waals surface area contributed by atoms with Crippen LogP contribution in [0.3, 0.4) is 0 Å². The van der Waals surface area contributed by atoms with Crippen molar-refractivity contribution in [3.8, 4) is 5.75 Å². The highest BCUT2D eigenvalue weighted by molar-refractivity contribution is 5.93. The summed E-state index contributed by atoms with van der Waals surface area (Å²) in [6.45, 7) is 8.50. The lowest BCUT2D eigenvalue weighted by Gasteiger charge is -2.38. The Labute approximate surface area is 177 Å². The van der Waals surface area contributed by atoms with Crippen LogP contribution in [0.15, 0.2) is 48.5 Å². The molecule has 2 aromatic carbocycles. The summed E-state index contributed by atoms with van der Waals surface area (Å²) in [5.41, 5.74) is 2.85. The van der Waals surface area contributed by atoms with Crippen LogP contribution >= 0.6 is 0 Å². The number of benzene rings is 2. The lowest BCUT2D eigenvalue weighted by atomic mass is 10.1. The molecule has 2 N–H and O–H groups in total. The molecule has 2 aliphatic rings. The largest absolute Gasteiger partial charge is 0.508 e. The van der Waals surface area contributed by atoms with E-state index in [-0.39, 0.29) is 24.0 Å². The number of rotatable bonds is 3. The fourth-order valence-corrected chi connectivity index (χ4v) is 4.28. The predicted octanol–water partition coefficient (Wildman–Crippen LogP) is 3.36. The second-order valence-electron chi connectivity index (χ2n) is 8.10. The first kappa shape index (κ1) is 20.3. The maximum Gasteiger partial charge on any atom is 0.322 e. The van der Waals surface area contributed by atoms with Crippen molar-refractivity contribution in [2.75, 3.05) is 54.4 Å². The molecule has 160 valence electrons. The van der Waals surface area contributed by atoms with E-state index in [0.717, 1.165) is 43.2 Å². The second-order valence-corrected chi connectivity index (χ2v) is 8.10. The lowest BCUT2D eigenvalue weighted by molar-refractivity contribution is -0.00517. The molecule has 0 radical (unpaired) electrons. The quantitative estimate of drug-likeness (QED) is 0.812. The van der Waals surface area contributed by atoms with E-state index in [2.05, 4.69) is 35.0 Å². The van der Waals surface area contributed by atoms with Gasteiger partial charge in [0.1, 0.15) is 5.75 Å². The van der Waals surface area contributed by atoms with Gasteiger partial charge in [0.2, 0.25) is 0 Å². The van der Waals surface area contributed by atoms with Gasteiger partial charge in [0.25, 0.3) is 0 Å². The number of hydrogen-bond acceptors (Lipinski definition) is 5. The number of carbonyl (C=O) groups is 1. The van der Waals surface area contributed by atoms with Crippen molar-refractivity contribution in [1.29, 1.82) is 0 Å². The highest BCUT2D eigenvalue weighted by Gasteiger charge is 2.26. The molecule has 2 heterocycles. The van der Waals surface area contributed by atoms with E-state index < -0.39 is 0 Å². The number of ether oxygens (including phenoxy) is 1. The van der Waals surface area contributed by atoms with E-state index in [9.17, 15) is 9.90 Å². The Kier molecular flexibility index (Phi) is 5.99. The van der Waals surface area contributed by atoms with Crippen LogP contribution in [0.5, 0.6) is 5.75 Å². The van der Waals surface area contributed by atoms with E-state index in [4.69, 9.17) is 4.74 Å². The molecule has 0 aliphatic carbocycles. The van der Waals surface area contributed by atoms with Gasteiger partial charge in [-0.25, -0.2) is 4.79 Å². The number of hydrogen-bond donors (Lipinski definition) is 2. The highest BCUT2D eigenvalue weighted by Crippen LogP contribution is 2.29. The third kappa shape index (κ3) is 4.62. The monoisotopic (exact) mass is 410 g/mol. The smallest absolute Gasteiger partial charge is 0.322 e. The van der Waals surface area contributed by atoms with Crippen LogP contribution in [0.1, 0.15) is 13.8 Å². The lowest BCUT2D eigenvalue weighted by Crippen LogP contribution is -2.50. The van der Waals surface area contributed by atoms with Crippen molar-refractivity contribution in [1.82, 2.24) is 4.90 Å². The van der Waals surface area contributed by atoms with Crippen LogP contribution in [0.25, 0.3) is 0 Å². The Morgan fingerprint density at radius 2 is 1.67 bits per heavy atom. The Bertz CT molecular complexity index is 872. The fourth-order valence-electron chi connectivity index (χ4n) is 4.28. The molecule has 2 amide bonds. The Morgan fingerprint density at radius 3 is 2.37 bits per heavy atom. The maximum absolute atomic E-state index is 12.9. The predicted molar refractivity (Wildman–Crippen MR) is 120 cm³/mol. The van der Waals surface area contributed by atoms with E-state index in [1.54, 1.807) is 12.1 Å². The molecule has 0 bridgehead atoms. The Hall–Kier alpha value is -2.93. The van der Waals surface area contributed by atoms with Crippen LogP contribution < -0.4 is 15.1 Å². The van der Waals surface area contributed by atoms with Crippen LogP contribution in [0, 0.1) is 0 Å². The van der Waals surface area contributed by atoms with Gasteiger partial charge in [-0.3, -0.25) is 0 Å². The van der Waals surface area contributed by atoms with Crippen molar-refractivity contribution in [2.24, 2.45) is 0 Å². The average Bonchev–Trinajstić information content (AvgIpc) is 2.73. The minimum atomic E-state index is -0.0765. The summed E-state index contributed by atoms with van der Waals surface area (Å²) in [5.74, 6) is 0.260. The molecule has 4 rings (SSSR count). The van der Waals surface area contributed by atoms with Gasteiger partial charge < -0.3 is 29.9 Å². The summed E-state index contributed by atoms with van der Waals surface area (Å²) in [7, 11) is 0. The first-order valence-corrected chi connectivity index (χ1v) is 10.6. The molecule has 2 fully saturated rings. The van der Waals surface area contributed by atoms with Gasteiger partial charge in [0, 0.05) is 51.0 Å². The standard InChI is InChI=1S/C23H30N4O3/c1-17-15-27(16-18(2)30-17)22-9-4-3-8-21(22)24-23(29)26-12-10-25(11-13-26)19-6-5-7-20(28)14-19/h3-9,14,17-18,28H,10-13,15-16H2,1-2H3,(H,24,29). The number of para-hydroxylation sites is 2. The third-order valence-electron chi connectivity index (χ3n) is 5.67. The van der Waals surface area contributed by atoms with Crippen molar-refractivity contribution >= 4 is 23.1 Å². The zero-order chi connectivity index (χ0) is 21.1. The van der Waals surface area contributed by atoms with Crippen LogP contribution in [0.4, 0.5) is 21.9 Å². The number of anilines is 3. The van der Waals surface area contributed by atoms with Gasteiger partial charge in [-0.15, -0.1) is 0 Å². The molecule has 7 heteroatoms. The van der Waals surface area contributed by atoms with Crippen LogP contribution in [-0.4, -0.2) is 67.5 Å². The number of urea groups is 1. The third-order valence-corrected chi connectivity index (χ3v) is 5.67. The number of phenolic OH excluding ortho intramolecular Hbond substituents is 1. The summed E-state index contributed by atoms with van der Waals surface area (Å²) in [5, 5.41) is 12.8. The zero-order valence-electron chi connectivity index (χ0n) is 17.6. The molecule has 2 aromatic rings. The number of nitrogens with zero attached hydrogens (tertiary/aromatic N) is 3. The first-order chi connectivity index (χ1) is 14.5. The number of piperazine rings is 1. The van der Waals surface area contributed by atoms with Crippen molar-refractivity contribution in [2.45, 2.75) is 26.1 Å². The Morgan fingerprint density at radius 1 is 0.967 bits per heavy atom. The van der Waals surface area contributed by atoms with Gasteiger partial charge in [-0.05, 0) is 38.1 Å². The highest BCUT2D eigenvalue weighted by atomic mass is 16.5. The van der Waals surface area contributed by atoms with Crippen molar-refractivity contribution in [3.63, 3.8) is 0 Å². The minimum Gasteiger partial charge on any atom is -0.508 e. The SMILES string of the molecule is CC1CN(c2ccccc2NC(=O)N2CCN(c3cccc(O)c3)CC2)CC(C)O1. The molecular formula is C23H30N4O3. The number of carbonyl (C=O) groups excluding carboxylic acids is 1. The topological polar surface area (TPSA) is 68.3 Å². The normalized spacial score (nSPS) is 22.1. The maximum atomic E-state index is 12.9. The van der Waals surface area contributed by atoms with Crippen LogP contribution in [0.2, 0.25) is 0 Å². The van der Waals surface area contributed by atoms with E-state index in [1.807, 2.05) is 35.2 Å². The number of morpholine rings is 1. The molecular weight excluding hydrogens is 380 g/mol. The van der Waals surface area contributed by atoms with E-state index in [1.165, 1.54) is 0 Å². The van der Waals surface area contributed by atoms with E-state index in [0.29, 0.717) is 13.1 Å². The summed E-state index contributed by atoms with van der Waals surface area (Å²) < 4.78 is 5.85. The number of nitrogens with one attached hydrogen (secondary N) is 1. The molecule has 2 atom stereocenters. The van der Waals surface area contributed by atoms with Gasteiger partial charge in [-0.2, -0.15) is 0 Å². The van der Waals surface area contributed by atoms with Gasteiger partial charge >= 0.3 is 6.03 Å². The molecule has 2 aliphatic heterocycles.